The van der Waals surface area contributed by atoms with E-state index in [1.807, 2.05) is 12.2 Å². The van der Waals surface area contributed by atoms with E-state index in [2.05, 4.69) is 22.6 Å². The van der Waals surface area contributed by atoms with Gasteiger partial charge in [0.2, 0.25) is 0 Å². The molecule has 0 atom stereocenters. The molecule has 0 spiro atoms. The van der Waals surface area contributed by atoms with Crippen LogP contribution in [0.5, 0.6) is 6.01 Å². The zero-order chi connectivity index (χ0) is 8.81. The second-order valence-electron chi connectivity index (χ2n) is 2.09. The number of ether oxygens (including phenoxy) is 1. The molecule has 0 aliphatic carbocycles. The zero-order valence-electron chi connectivity index (χ0n) is 6.77. The summed E-state index contributed by atoms with van der Waals surface area (Å²) in [6, 6.07) is 0.387. The van der Waals surface area contributed by atoms with Crippen LogP contribution in [-0.2, 0) is 0 Å². The second-order valence-corrected chi connectivity index (χ2v) is 2.45. The lowest BCUT2D eigenvalue weighted by atomic mass is 10.3. The minimum absolute atomic E-state index is 0.387. The molecule has 1 heterocycles. The van der Waals surface area contributed by atoms with Crippen LogP contribution < -0.4 is 4.74 Å². The lowest BCUT2D eigenvalue weighted by molar-refractivity contribution is 0.379. The minimum Gasteiger partial charge on any atom is -0.467 e. The van der Waals surface area contributed by atoms with E-state index in [0.29, 0.717) is 11.8 Å². The van der Waals surface area contributed by atoms with Crippen LogP contribution in [0.2, 0.25) is 0 Å². The predicted molar refractivity (Wildman–Crippen MR) is 51.5 cm³/mol. The molecule has 0 aliphatic rings. The molecule has 0 bridgehead atoms. The molecule has 64 valence electrons. The van der Waals surface area contributed by atoms with Gasteiger partial charge in [-0.15, -0.1) is 0 Å². The third-order valence-electron chi connectivity index (χ3n) is 1.25. The summed E-state index contributed by atoms with van der Waals surface area (Å²) in [7, 11) is 1.54. The number of hydrogen-bond donors (Lipinski definition) is 1. The molecule has 1 aromatic rings. The Hall–Kier alpha value is -1.03. The van der Waals surface area contributed by atoms with Gasteiger partial charge in [-0.25, -0.2) is 9.97 Å². The van der Waals surface area contributed by atoms with Crippen LogP contribution >= 0.6 is 12.6 Å². The van der Waals surface area contributed by atoms with E-state index >= 15 is 0 Å². The van der Waals surface area contributed by atoms with E-state index in [1.54, 1.807) is 19.5 Å². The molecule has 0 saturated carbocycles. The average Bonchev–Trinajstić information content (AvgIpc) is 2.15. The van der Waals surface area contributed by atoms with Crippen molar-refractivity contribution in [2.45, 2.75) is 0 Å². The van der Waals surface area contributed by atoms with E-state index in [9.17, 15) is 0 Å². The lowest BCUT2D eigenvalue weighted by Gasteiger charge is -1.95. The molecule has 0 amide bonds. The average molecular weight is 182 g/mol. The van der Waals surface area contributed by atoms with Crippen molar-refractivity contribution < 1.29 is 4.74 Å². The maximum atomic E-state index is 4.81. The smallest absolute Gasteiger partial charge is 0.316 e. The van der Waals surface area contributed by atoms with Gasteiger partial charge < -0.3 is 4.74 Å². The van der Waals surface area contributed by atoms with E-state index in [1.165, 1.54) is 0 Å². The van der Waals surface area contributed by atoms with Gasteiger partial charge in [-0.05, 0) is 0 Å². The fourth-order valence-electron chi connectivity index (χ4n) is 0.706. The van der Waals surface area contributed by atoms with Crippen LogP contribution in [0, 0.1) is 0 Å². The summed E-state index contributed by atoms with van der Waals surface area (Å²) < 4.78 is 4.81. The summed E-state index contributed by atoms with van der Waals surface area (Å²) >= 11 is 4.04. The first-order chi connectivity index (χ1) is 5.86. The molecule has 0 saturated heterocycles. The monoisotopic (exact) mass is 182 g/mol. The fourth-order valence-corrected chi connectivity index (χ4v) is 0.812. The van der Waals surface area contributed by atoms with Gasteiger partial charge in [0.25, 0.3) is 0 Å². The predicted octanol–water partition coefficient (Wildman–Crippen LogP) is 1.43. The van der Waals surface area contributed by atoms with Crippen molar-refractivity contribution in [1.82, 2.24) is 9.97 Å². The normalized spacial score (nSPS) is 10.5. The Bertz CT molecular complexity index is 258. The van der Waals surface area contributed by atoms with Gasteiger partial charge in [0.05, 0.1) is 7.11 Å². The summed E-state index contributed by atoms with van der Waals surface area (Å²) in [5.74, 6) is 0.714. The Kier molecular flexibility index (Phi) is 3.60. The first kappa shape index (κ1) is 9.06. The van der Waals surface area contributed by atoms with Crippen LogP contribution in [0.4, 0.5) is 0 Å². The van der Waals surface area contributed by atoms with Crippen molar-refractivity contribution in [1.29, 1.82) is 0 Å². The fraction of sp³-hybridized carbons (Fsp3) is 0.250. The van der Waals surface area contributed by atoms with Crippen LogP contribution in [0.25, 0.3) is 6.08 Å². The molecule has 0 fully saturated rings. The highest BCUT2D eigenvalue weighted by atomic mass is 32.1. The van der Waals surface area contributed by atoms with Crippen molar-refractivity contribution >= 4 is 18.7 Å². The molecule has 0 aromatic carbocycles. The van der Waals surface area contributed by atoms with Gasteiger partial charge in [-0.1, -0.05) is 12.2 Å². The highest BCUT2D eigenvalue weighted by molar-refractivity contribution is 7.80. The van der Waals surface area contributed by atoms with Crippen LogP contribution in [-0.4, -0.2) is 22.8 Å². The Morgan fingerprint density at radius 3 is 2.67 bits per heavy atom. The molecule has 4 heteroatoms. The lowest BCUT2D eigenvalue weighted by Crippen LogP contribution is -1.90. The Balaban J connectivity index is 2.71. The highest BCUT2D eigenvalue weighted by Gasteiger charge is 1.91. The van der Waals surface area contributed by atoms with Gasteiger partial charge >= 0.3 is 6.01 Å². The number of thiol groups is 1. The largest absolute Gasteiger partial charge is 0.467 e. The number of rotatable bonds is 3. The summed E-state index contributed by atoms with van der Waals surface area (Å²) in [6.45, 7) is 0. The number of nitrogens with zero attached hydrogens (tertiary/aromatic N) is 2. The Morgan fingerprint density at radius 1 is 1.50 bits per heavy atom. The Morgan fingerprint density at radius 2 is 2.17 bits per heavy atom. The quantitative estimate of drug-likeness (QED) is 0.718. The standard InChI is InChI=1S/C8H10N2OS/c1-11-8-9-5-7(6-10-8)3-2-4-12/h2-3,5-6,12H,4H2,1H3. The summed E-state index contributed by atoms with van der Waals surface area (Å²) in [6.07, 6.45) is 7.23. The number of hydrogen-bond acceptors (Lipinski definition) is 4. The third-order valence-corrected chi connectivity index (χ3v) is 1.46. The van der Waals surface area contributed by atoms with Crippen LogP contribution in [0.1, 0.15) is 5.56 Å². The first-order valence-electron chi connectivity index (χ1n) is 3.50. The van der Waals surface area contributed by atoms with E-state index in [0.717, 1.165) is 5.56 Å². The van der Waals surface area contributed by atoms with Gasteiger partial charge in [0.15, 0.2) is 0 Å². The van der Waals surface area contributed by atoms with Crippen LogP contribution in [0.3, 0.4) is 0 Å². The third kappa shape index (κ3) is 2.54. The minimum atomic E-state index is 0.387. The van der Waals surface area contributed by atoms with E-state index in [4.69, 9.17) is 4.74 Å². The summed E-state index contributed by atoms with van der Waals surface area (Å²) in [5, 5.41) is 0. The van der Waals surface area contributed by atoms with Gasteiger partial charge in [-0.2, -0.15) is 12.6 Å². The van der Waals surface area contributed by atoms with E-state index < -0.39 is 0 Å². The van der Waals surface area contributed by atoms with Crippen molar-refractivity contribution in [3.8, 4) is 6.01 Å². The van der Waals surface area contributed by atoms with Crippen LogP contribution in [0.15, 0.2) is 18.5 Å². The zero-order valence-corrected chi connectivity index (χ0v) is 7.66. The van der Waals surface area contributed by atoms with Crippen molar-refractivity contribution in [2.75, 3.05) is 12.9 Å². The molecule has 1 rings (SSSR count). The maximum absolute atomic E-state index is 4.81. The molecule has 12 heavy (non-hydrogen) atoms. The van der Waals surface area contributed by atoms with Gasteiger partial charge in [0.1, 0.15) is 0 Å². The van der Waals surface area contributed by atoms with Gasteiger partial charge in [-0.3, -0.25) is 0 Å². The van der Waals surface area contributed by atoms with Crippen molar-refractivity contribution in [3.63, 3.8) is 0 Å². The number of methoxy groups -OCH3 is 1. The molecular weight excluding hydrogens is 172 g/mol. The SMILES string of the molecule is COc1ncc(C=CCS)cn1. The maximum Gasteiger partial charge on any atom is 0.316 e. The molecule has 0 radical (unpaired) electrons. The molecule has 0 N–H and O–H groups in total. The second kappa shape index (κ2) is 4.77. The number of aromatic nitrogens is 2. The molecule has 3 nitrogen and oxygen atoms in total. The molecule has 1 aromatic heterocycles. The van der Waals surface area contributed by atoms with Gasteiger partial charge in [0, 0.05) is 23.7 Å². The summed E-state index contributed by atoms with van der Waals surface area (Å²) in [4.78, 5) is 7.88. The molecular formula is C8H10N2OS. The topological polar surface area (TPSA) is 35.0 Å². The molecule has 0 aliphatic heterocycles. The highest BCUT2D eigenvalue weighted by Crippen LogP contribution is 2.03. The summed E-state index contributed by atoms with van der Waals surface area (Å²) in [5.41, 5.74) is 0.949. The molecule has 0 unspecified atom stereocenters. The van der Waals surface area contributed by atoms with Crippen molar-refractivity contribution in [3.05, 3.63) is 24.0 Å². The van der Waals surface area contributed by atoms with Crippen molar-refractivity contribution in [2.24, 2.45) is 0 Å². The van der Waals surface area contributed by atoms with E-state index in [-0.39, 0.29) is 0 Å². The Labute approximate surface area is 76.9 Å². The first-order valence-corrected chi connectivity index (χ1v) is 4.13.